The lowest BCUT2D eigenvalue weighted by Gasteiger charge is -2.16. The Morgan fingerprint density at radius 1 is 1.31 bits per heavy atom. The molecule has 2 rings (SSSR count). The molecule has 0 radical (unpaired) electrons. The molecule has 0 amide bonds. The molecule has 3 heteroatoms. The number of benzene rings is 1. The summed E-state index contributed by atoms with van der Waals surface area (Å²) in [5, 5.41) is 10.3. The van der Waals surface area contributed by atoms with E-state index >= 15 is 0 Å². The van der Waals surface area contributed by atoms with Gasteiger partial charge in [0.2, 0.25) is 0 Å². The van der Waals surface area contributed by atoms with Crippen molar-refractivity contribution < 1.29 is 0 Å². The number of rotatable bonds is 5. The fourth-order valence-electron chi connectivity index (χ4n) is 1.80. The van der Waals surface area contributed by atoms with Gasteiger partial charge >= 0.3 is 0 Å². The SMILES string of the molecule is CCC(NCc1cn[nH]c1)c1ccccc1. The maximum Gasteiger partial charge on any atom is 0.0532 e. The van der Waals surface area contributed by atoms with E-state index in [1.807, 2.05) is 18.5 Å². The van der Waals surface area contributed by atoms with Crippen LogP contribution >= 0.6 is 0 Å². The van der Waals surface area contributed by atoms with Gasteiger partial charge in [-0.25, -0.2) is 0 Å². The molecule has 2 aromatic rings. The molecule has 0 saturated carbocycles. The molecule has 2 N–H and O–H groups in total. The minimum Gasteiger partial charge on any atom is -0.306 e. The number of nitrogens with zero attached hydrogens (tertiary/aromatic N) is 1. The molecule has 16 heavy (non-hydrogen) atoms. The zero-order valence-electron chi connectivity index (χ0n) is 9.48. The largest absolute Gasteiger partial charge is 0.306 e. The second-order valence-electron chi connectivity index (χ2n) is 3.86. The molecule has 0 bridgehead atoms. The van der Waals surface area contributed by atoms with Gasteiger partial charge in [0.15, 0.2) is 0 Å². The zero-order chi connectivity index (χ0) is 11.2. The van der Waals surface area contributed by atoms with E-state index in [1.165, 1.54) is 11.1 Å². The van der Waals surface area contributed by atoms with Gasteiger partial charge in [0, 0.05) is 24.3 Å². The number of H-pyrrole nitrogens is 1. The van der Waals surface area contributed by atoms with E-state index in [-0.39, 0.29) is 0 Å². The Morgan fingerprint density at radius 2 is 2.12 bits per heavy atom. The molecular weight excluding hydrogens is 198 g/mol. The lowest BCUT2D eigenvalue weighted by atomic mass is 10.0. The lowest BCUT2D eigenvalue weighted by Crippen LogP contribution is -2.19. The van der Waals surface area contributed by atoms with Crippen molar-refractivity contribution in [2.45, 2.75) is 25.9 Å². The highest BCUT2D eigenvalue weighted by Crippen LogP contribution is 2.16. The molecule has 1 aromatic heterocycles. The topological polar surface area (TPSA) is 40.7 Å². The molecule has 0 spiro atoms. The van der Waals surface area contributed by atoms with Gasteiger partial charge in [0.05, 0.1) is 6.20 Å². The predicted octanol–water partition coefficient (Wildman–Crippen LogP) is 2.65. The van der Waals surface area contributed by atoms with Gasteiger partial charge in [-0.2, -0.15) is 5.10 Å². The van der Waals surface area contributed by atoms with Crippen molar-refractivity contribution in [2.75, 3.05) is 0 Å². The van der Waals surface area contributed by atoms with Crippen LogP contribution in [0.5, 0.6) is 0 Å². The molecule has 0 aliphatic heterocycles. The first kappa shape index (κ1) is 10.9. The van der Waals surface area contributed by atoms with Crippen LogP contribution in [-0.4, -0.2) is 10.2 Å². The summed E-state index contributed by atoms with van der Waals surface area (Å²) >= 11 is 0. The number of nitrogens with one attached hydrogen (secondary N) is 2. The van der Waals surface area contributed by atoms with Crippen LogP contribution in [0.15, 0.2) is 42.7 Å². The van der Waals surface area contributed by atoms with E-state index in [1.54, 1.807) is 0 Å². The number of aromatic nitrogens is 2. The van der Waals surface area contributed by atoms with Crippen molar-refractivity contribution in [2.24, 2.45) is 0 Å². The van der Waals surface area contributed by atoms with Crippen LogP contribution in [0.2, 0.25) is 0 Å². The summed E-state index contributed by atoms with van der Waals surface area (Å²) in [7, 11) is 0. The number of hydrogen-bond donors (Lipinski definition) is 2. The van der Waals surface area contributed by atoms with Crippen LogP contribution in [-0.2, 0) is 6.54 Å². The average molecular weight is 215 g/mol. The van der Waals surface area contributed by atoms with E-state index in [2.05, 4.69) is 46.7 Å². The third kappa shape index (κ3) is 2.70. The Hall–Kier alpha value is -1.61. The fourth-order valence-corrected chi connectivity index (χ4v) is 1.80. The normalized spacial score (nSPS) is 12.6. The van der Waals surface area contributed by atoms with Crippen molar-refractivity contribution in [1.29, 1.82) is 0 Å². The predicted molar refractivity (Wildman–Crippen MR) is 64.9 cm³/mol. The second kappa shape index (κ2) is 5.47. The Labute approximate surface area is 95.9 Å². The maximum absolute atomic E-state index is 3.93. The molecule has 0 aliphatic carbocycles. The van der Waals surface area contributed by atoms with Crippen molar-refractivity contribution in [3.05, 3.63) is 53.9 Å². The molecule has 0 fully saturated rings. The smallest absolute Gasteiger partial charge is 0.0532 e. The van der Waals surface area contributed by atoms with E-state index in [0.29, 0.717) is 6.04 Å². The van der Waals surface area contributed by atoms with Crippen molar-refractivity contribution >= 4 is 0 Å². The quantitative estimate of drug-likeness (QED) is 0.805. The first-order valence-corrected chi connectivity index (χ1v) is 5.66. The second-order valence-corrected chi connectivity index (χ2v) is 3.86. The van der Waals surface area contributed by atoms with Gasteiger partial charge in [0.1, 0.15) is 0 Å². The van der Waals surface area contributed by atoms with E-state index in [9.17, 15) is 0 Å². The Kier molecular flexibility index (Phi) is 3.72. The van der Waals surface area contributed by atoms with Crippen LogP contribution in [0.4, 0.5) is 0 Å². The molecule has 3 nitrogen and oxygen atoms in total. The van der Waals surface area contributed by atoms with Crippen LogP contribution in [0.1, 0.15) is 30.5 Å². The Morgan fingerprint density at radius 3 is 2.75 bits per heavy atom. The highest BCUT2D eigenvalue weighted by molar-refractivity contribution is 5.19. The third-order valence-corrected chi connectivity index (χ3v) is 2.72. The molecule has 1 aromatic carbocycles. The molecular formula is C13H17N3. The minimum absolute atomic E-state index is 0.413. The monoisotopic (exact) mass is 215 g/mol. The van der Waals surface area contributed by atoms with E-state index < -0.39 is 0 Å². The molecule has 84 valence electrons. The van der Waals surface area contributed by atoms with Gasteiger partial charge in [0.25, 0.3) is 0 Å². The standard InChI is InChI=1S/C13H17N3/c1-2-13(12-6-4-3-5-7-12)14-8-11-9-15-16-10-11/h3-7,9-10,13-14H,2,8H2,1H3,(H,15,16). The molecule has 0 aliphatic rings. The van der Waals surface area contributed by atoms with E-state index in [0.717, 1.165) is 13.0 Å². The summed E-state index contributed by atoms with van der Waals surface area (Å²) in [4.78, 5) is 0. The van der Waals surface area contributed by atoms with Gasteiger partial charge in [-0.05, 0) is 12.0 Å². The molecule has 1 atom stereocenters. The first-order chi connectivity index (χ1) is 7.90. The Bertz CT molecular complexity index is 394. The van der Waals surface area contributed by atoms with Crippen LogP contribution in [0, 0.1) is 0 Å². The van der Waals surface area contributed by atoms with Crippen LogP contribution in [0.3, 0.4) is 0 Å². The summed E-state index contributed by atoms with van der Waals surface area (Å²) in [5.41, 5.74) is 2.53. The Balaban J connectivity index is 1.96. The summed E-state index contributed by atoms with van der Waals surface area (Å²) in [6.07, 6.45) is 4.86. The maximum atomic E-state index is 3.93. The van der Waals surface area contributed by atoms with Crippen molar-refractivity contribution in [3.8, 4) is 0 Å². The summed E-state index contributed by atoms with van der Waals surface area (Å²) in [5.74, 6) is 0. The summed E-state index contributed by atoms with van der Waals surface area (Å²) < 4.78 is 0. The highest BCUT2D eigenvalue weighted by Gasteiger charge is 2.07. The zero-order valence-corrected chi connectivity index (χ0v) is 9.48. The number of aromatic amines is 1. The van der Waals surface area contributed by atoms with Crippen molar-refractivity contribution in [3.63, 3.8) is 0 Å². The van der Waals surface area contributed by atoms with Gasteiger partial charge in [-0.15, -0.1) is 0 Å². The third-order valence-electron chi connectivity index (χ3n) is 2.72. The summed E-state index contributed by atoms with van der Waals surface area (Å²) in [6.45, 7) is 3.05. The minimum atomic E-state index is 0.413. The van der Waals surface area contributed by atoms with Crippen LogP contribution < -0.4 is 5.32 Å². The van der Waals surface area contributed by atoms with Crippen molar-refractivity contribution in [1.82, 2.24) is 15.5 Å². The lowest BCUT2D eigenvalue weighted by molar-refractivity contribution is 0.519. The number of hydrogen-bond acceptors (Lipinski definition) is 2. The molecule has 1 heterocycles. The van der Waals surface area contributed by atoms with Gasteiger partial charge in [-0.1, -0.05) is 37.3 Å². The highest BCUT2D eigenvalue weighted by atomic mass is 15.1. The first-order valence-electron chi connectivity index (χ1n) is 5.66. The molecule has 0 saturated heterocycles. The molecule has 1 unspecified atom stereocenters. The van der Waals surface area contributed by atoms with E-state index in [4.69, 9.17) is 0 Å². The summed E-state index contributed by atoms with van der Waals surface area (Å²) in [6, 6.07) is 10.9. The fraction of sp³-hybridized carbons (Fsp3) is 0.308. The van der Waals surface area contributed by atoms with Gasteiger partial charge < -0.3 is 5.32 Å². The van der Waals surface area contributed by atoms with Gasteiger partial charge in [-0.3, -0.25) is 5.10 Å². The average Bonchev–Trinajstić information content (AvgIpc) is 2.84. The van der Waals surface area contributed by atoms with Crippen LogP contribution in [0.25, 0.3) is 0 Å².